The highest BCUT2D eigenvalue weighted by molar-refractivity contribution is 5.78. The fourth-order valence-corrected chi connectivity index (χ4v) is 5.65. The molecular formula is C38H22F12N10. The molecule has 2 N–H and O–H groups in total. The molecule has 60 heavy (non-hydrogen) atoms. The maximum Gasteiger partial charge on any atom is 0.450 e. The third kappa shape index (κ3) is 9.06. The van der Waals surface area contributed by atoms with Crippen LogP contribution in [-0.2, 0) is 24.7 Å². The summed E-state index contributed by atoms with van der Waals surface area (Å²) in [6.45, 7) is 0. The number of anilines is 4. The molecule has 5 aromatic heterocycles. The van der Waals surface area contributed by atoms with Crippen molar-refractivity contribution in [2.45, 2.75) is 24.7 Å². The molecule has 0 saturated carbocycles. The molecule has 3 aromatic carbocycles. The van der Waals surface area contributed by atoms with Gasteiger partial charge < -0.3 is 10.6 Å². The molecule has 8 aromatic rings. The van der Waals surface area contributed by atoms with Gasteiger partial charge in [-0.3, -0.25) is 14.5 Å². The minimum Gasteiger partial charge on any atom is -0.339 e. The van der Waals surface area contributed by atoms with Crippen molar-refractivity contribution in [1.82, 2.24) is 39.1 Å². The van der Waals surface area contributed by atoms with E-state index in [4.69, 9.17) is 0 Å². The number of nitrogens with zero attached hydrogens (tertiary/aromatic N) is 8. The van der Waals surface area contributed by atoms with Gasteiger partial charge in [-0.2, -0.15) is 57.8 Å². The zero-order valence-electron chi connectivity index (χ0n) is 29.7. The Balaban J connectivity index is 0.000000181. The van der Waals surface area contributed by atoms with Crippen LogP contribution in [0.2, 0.25) is 0 Å². The second-order valence-corrected chi connectivity index (χ2v) is 12.5. The zero-order valence-corrected chi connectivity index (χ0v) is 29.7. The molecule has 0 aliphatic carbocycles. The molecule has 0 bridgehead atoms. The number of rotatable bonds is 6. The zero-order chi connectivity index (χ0) is 43.0. The number of halogens is 12. The Kier molecular flexibility index (Phi) is 10.6. The molecule has 0 unspecified atom stereocenters. The fourth-order valence-electron chi connectivity index (χ4n) is 5.65. The van der Waals surface area contributed by atoms with Crippen LogP contribution in [0.15, 0.2) is 122 Å². The van der Waals surface area contributed by atoms with Crippen LogP contribution in [0.3, 0.4) is 0 Å². The Labute approximate surface area is 328 Å². The Bertz CT molecular complexity index is 2770. The average Bonchev–Trinajstić information content (AvgIpc) is 3.82. The van der Waals surface area contributed by atoms with Gasteiger partial charge in [-0.15, -0.1) is 0 Å². The molecule has 0 saturated heterocycles. The van der Waals surface area contributed by atoms with Crippen LogP contribution in [0.4, 0.5) is 75.7 Å². The first-order valence-electron chi connectivity index (χ1n) is 16.9. The van der Waals surface area contributed by atoms with Gasteiger partial charge in [0.25, 0.3) is 0 Å². The van der Waals surface area contributed by atoms with E-state index in [0.29, 0.717) is 5.69 Å². The third-order valence-corrected chi connectivity index (χ3v) is 8.31. The summed E-state index contributed by atoms with van der Waals surface area (Å²) in [5.74, 6) is -1.05. The van der Waals surface area contributed by atoms with Crippen LogP contribution in [0.25, 0.3) is 33.8 Å². The van der Waals surface area contributed by atoms with Crippen molar-refractivity contribution in [1.29, 1.82) is 0 Å². The maximum absolute atomic E-state index is 13.5. The molecule has 0 atom stereocenters. The van der Waals surface area contributed by atoms with Gasteiger partial charge in [0.2, 0.25) is 5.82 Å². The summed E-state index contributed by atoms with van der Waals surface area (Å²) < 4.78 is 157. The summed E-state index contributed by atoms with van der Waals surface area (Å²) in [7, 11) is 0. The van der Waals surface area contributed by atoms with Crippen LogP contribution in [0.1, 0.15) is 22.6 Å². The van der Waals surface area contributed by atoms with Crippen LogP contribution in [-0.4, -0.2) is 39.1 Å². The predicted molar refractivity (Wildman–Crippen MR) is 192 cm³/mol. The predicted octanol–water partition coefficient (Wildman–Crippen LogP) is 11.2. The highest BCUT2D eigenvalue weighted by Gasteiger charge is 2.39. The normalized spacial score (nSPS) is 12.3. The molecule has 22 heteroatoms. The van der Waals surface area contributed by atoms with E-state index >= 15 is 0 Å². The maximum atomic E-state index is 13.5. The van der Waals surface area contributed by atoms with Crippen molar-refractivity contribution in [2.24, 2.45) is 0 Å². The summed E-state index contributed by atoms with van der Waals surface area (Å²) >= 11 is 0. The van der Waals surface area contributed by atoms with E-state index in [1.165, 1.54) is 67.1 Å². The topological polar surface area (TPSA) is 111 Å². The third-order valence-electron chi connectivity index (χ3n) is 8.31. The monoisotopic (exact) mass is 846 g/mol. The molecule has 5 heterocycles. The molecule has 0 spiro atoms. The number of alkyl halides is 12. The Morgan fingerprint density at radius 1 is 0.500 bits per heavy atom. The molecule has 8 rings (SSSR count). The summed E-state index contributed by atoms with van der Waals surface area (Å²) in [6.07, 6.45) is -13.2. The summed E-state index contributed by atoms with van der Waals surface area (Å²) in [4.78, 5) is 20.0. The highest BCUT2D eigenvalue weighted by Crippen LogP contribution is 2.35. The fraction of sp³-hybridized carbons (Fsp3) is 0.105. The van der Waals surface area contributed by atoms with Crippen molar-refractivity contribution in [3.8, 4) is 17.2 Å². The van der Waals surface area contributed by atoms with Gasteiger partial charge >= 0.3 is 24.7 Å². The van der Waals surface area contributed by atoms with Crippen molar-refractivity contribution in [2.75, 3.05) is 10.6 Å². The van der Waals surface area contributed by atoms with E-state index in [1.54, 1.807) is 18.2 Å². The number of benzene rings is 3. The SMILES string of the molecule is FC(F)(F)c1ccc(Nc2cncc(-c3cccc4cc(C(F)(F)F)nn34)n2)cc1.FC(F)(F)c1ccc(Nc2cncc(-n3c(C(F)(F)F)nc4ccccc43)n2)cc1. The Morgan fingerprint density at radius 2 is 1.07 bits per heavy atom. The smallest absolute Gasteiger partial charge is 0.339 e. The number of imidazole rings is 1. The second-order valence-electron chi connectivity index (χ2n) is 12.5. The Hall–Kier alpha value is -7.26. The minimum absolute atomic E-state index is 0.0539. The van der Waals surface area contributed by atoms with Crippen LogP contribution >= 0.6 is 0 Å². The number of hydrogen-bond acceptors (Lipinski definition) is 8. The van der Waals surface area contributed by atoms with Gasteiger partial charge in [0.15, 0.2) is 17.3 Å². The molecule has 10 nitrogen and oxygen atoms in total. The number of nitrogens with one attached hydrogen (secondary N) is 2. The first kappa shape index (κ1) is 40.9. The number of aromatic nitrogens is 8. The summed E-state index contributed by atoms with van der Waals surface area (Å²) in [5, 5.41) is 9.16. The first-order chi connectivity index (χ1) is 28.2. The van der Waals surface area contributed by atoms with Crippen molar-refractivity contribution < 1.29 is 52.7 Å². The summed E-state index contributed by atoms with van der Waals surface area (Å²) in [5.41, 5.74) is -1.01. The molecule has 0 amide bonds. The standard InChI is InChI=1S/2C19H11F6N5/c20-18(21,22)11-4-6-12(7-5-11)27-17-10-26-9-14(28-17)15-3-1-2-13-8-16(19(23,24)25)29-30(13)15;20-18(21,22)11-5-7-12(8-6-11)27-15-9-26-10-16(29-15)30-14-4-2-1-3-13(14)28-17(30)19(23,24)25/h1-10H,(H,27,28);1-10H,(H,27,29). The molecule has 0 aliphatic heterocycles. The largest absolute Gasteiger partial charge is 0.450 e. The number of para-hydroxylation sites is 2. The van der Waals surface area contributed by atoms with Crippen molar-refractivity contribution in [3.63, 3.8) is 0 Å². The van der Waals surface area contributed by atoms with Crippen molar-refractivity contribution >= 4 is 39.6 Å². The lowest BCUT2D eigenvalue weighted by atomic mass is 10.2. The van der Waals surface area contributed by atoms with Crippen LogP contribution in [0.5, 0.6) is 0 Å². The molecule has 0 aliphatic rings. The van der Waals surface area contributed by atoms with Gasteiger partial charge in [-0.1, -0.05) is 18.2 Å². The van der Waals surface area contributed by atoms with E-state index in [2.05, 4.69) is 40.7 Å². The van der Waals surface area contributed by atoms with Gasteiger partial charge in [0.05, 0.1) is 58.2 Å². The van der Waals surface area contributed by atoms with Gasteiger partial charge in [-0.05, 0) is 78.9 Å². The van der Waals surface area contributed by atoms with Gasteiger partial charge in [-0.25, -0.2) is 19.5 Å². The lowest BCUT2D eigenvalue weighted by Crippen LogP contribution is -2.15. The highest BCUT2D eigenvalue weighted by atomic mass is 19.4. The molecule has 308 valence electrons. The van der Waals surface area contributed by atoms with E-state index in [-0.39, 0.29) is 51.1 Å². The van der Waals surface area contributed by atoms with E-state index in [1.807, 2.05) is 0 Å². The minimum atomic E-state index is -4.74. The summed E-state index contributed by atoms with van der Waals surface area (Å²) in [6, 6.07) is 20.0. The Morgan fingerprint density at radius 3 is 1.63 bits per heavy atom. The van der Waals surface area contributed by atoms with Gasteiger partial charge in [0.1, 0.15) is 11.5 Å². The second kappa shape index (κ2) is 15.5. The molecular weight excluding hydrogens is 824 g/mol. The number of fused-ring (bicyclic) bond motifs is 2. The van der Waals surface area contributed by atoms with E-state index < -0.39 is 47.4 Å². The number of hydrogen-bond donors (Lipinski definition) is 2. The molecule has 0 fully saturated rings. The van der Waals surface area contributed by atoms with Crippen molar-refractivity contribution in [3.05, 3.63) is 144 Å². The lowest BCUT2D eigenvalue weighted by molar-refractivity contribution is -0.145. The van der Waals surface area contributed by atoms with E-state index in [9.17, 15) is 52.7 Å². The average molecular weight is 847 g/mol. The quantitative estimate of drug-likeness (QED) is 0.159. The van der Waals surface area contributed by atoms with Crippen LogP contribution in [0, 0.1) is 0 Å². The lowest BCUT2D eigenvalue weighted by Gasteiger charge is -2.12. The first-order valence-corrected chi connectivity index (χ1v) is 16.9. The van der Waals surface area contributed by atoms with Gasteiger partial charge in [0, 0.05) is 11.4 Å². The van der Waals surface area contributed by atoms with Crippen LogP contribution < -0.4 is 10.6 Å². The number of pyridine rings is 1. The molecule has 0 radical (unpaired) electrons. The van der Waals surface area contributed by atoms with E-state index in [0.717, 1.165) is 45.6 Å².